The first-order valence-corrected chi connectivity index (χ1v) is 20.5. The van der Waals surface area contributed by atoms with Gasteiger partial charge in [-0.25, -0.2) is 19.6 Å². The molecule has 2 aromatic carbocycles. The molecule has 56 heavy (non-hydrogen) atoms. The average molecular weight is 805 g/mol. The van der Waals surface area contributed by atoms with Crippen LogP contribution in [-0.4, -0.2) is 103 Å². The van der Waals surface area contributed by atoms with Crippen molar-refractivity contribution in [3.8, 4) is 45.5 Å². The second-order valence-corrected chi connectivity index (χ2v) is 16.3. The zero-order chi connectivity index (χ0) is 39.7. The molecule has 0 unspecified atom stereocenters. The lowest BCUT2D eigenvalue weighted by Crippen LogP contribution is -2.51. The first-order chi connectivity index (χ1) is 26.9. The van der Waals surface area contributed by atoms with Crippen molar-refractivity contribution < 1.29 is 38.1 Å². The summed E-state index contributed by atoms with van der Waals surface area (Å²) in [4.78, 5) is 70.6. The van der Waals surface area contributed by atoms with Gasteiger partial charge < -0.3 is 49.3 Å². The molecule has 3 aliphatic heterocycles. The van der Waals surface area contributed by atoms with Gasteiger partial charge in [0.2, 0.25) is 11.8 Å². The maximum Gasteiger partial charge on any atom is 0.407 e. The summed E-state index contributed by atoms with van der Waals surface area (Å²) in [6.07, 6.45) is 2.17. The molecule has 18 heteroatoms. The number of nitrogens with zero attached hydrogens (tertiary/aromatic N) is 4. The van der Waals surface area contributed by atoms with Crippen molar-refractivity contribution in [2.24, 2.45) is 11.8 Å². The Morgan fingerprint density at radius 3 is 1.48 bits per heavy atom. The largest absolute Gasteiger partial charge is 0.453 e. The quantitative estimate of drug-likeness (QED) is 0.124. The highest BCUT2D eigenvalue weighted by atomic mass is 32.2. The maximum absolute atomic E-state index is 13.6. The molecule has 0 aliphatic carbocycles. The van der Waals surface area contributed by atoms with Crippen molar-refractivity contribution in [2.75, 3.05) is 37.5 Å². The van der Waals surface area contributed by atoms with Crippen molar-refractivity contribution in [2.45, 2.75) is 51.9 Å². The molecule has 4 N–H and O–H groups in total. The first kappa shape index (κ1) is 38.9. The summed E-state index contributed by atoms with van der Waals surface area (Å²) >= 11 is 3.25. The number of amides is 4. The summed E-state index contributed by atoms with van der Waals surface area (Å²) < 4.78 is 22.1. The van der Waals surface area contributed by atoms with Crippen molar-refractivity contribution in [3.63, 3.8) is 0 Å². The Morgan fingerprint density at radius 1 is 0.696 bits per heavy atom. The molecule has 2 saturated heterocycles. The van der Waals surface area contributed by atoms with E-state index in [1.807, 2.05) is 64.1 Å². The van der Waals surface area contributed by atoms with Crippen LogP contribution in [0, 0.1) is 11.8 Å². The van der Waals surface area contributed by atoms with Gasteiger partial charge in [0.1, 0.15) is 23.7 Å². The number of imidazole rings is 2. The number of carbonyl (C=O) groups excluding carboxylic acids is 4. The number of fused-ring (bicyclic) bond motifs is 2. The van der Waals surface area contributed by atoms with Gasteiger partial charge in [-0.15, -0.1) is 23.5 Å². The number of benzene rings is 2. The smallest absolute Gasteiger partial charge is 0.407 e. The predicted octanol–water partition coefficient (Wildman–Crippen LogP) is 6.27. The van der Waals surface area contributed by atoms with Crippen LogP contribution in [0.4, 0.5) is 9.59 Å². The Bertz CT molecular complexity index is 1970. The Kier molecular flexibility index (Phi) is 11.4. The van der Waals surface area contributed by atoms with E-state index in [0.717, 1.165) is 22.5 Å². The van der Waals surface area contributed by atoms with Crippen LogP contribution < -0.4 is 20.1 Å². The zero-order valence-electron chi connectivity index (χ0n) is 31.8. The van der Waals surface area contributed by atoms with Crippen LogP contribution in [-0.2, 0) is 19.1 Å². The van der Waals surface area contributed by atoms with Crippen LogP contribution in [0.1, 0.15) is 51.4 Å². The third-order valence-electron chi connectivity index (χ3n) is 9.89. The Labute approximate surface area is 332 Å². The predicted molar refractivity (Wildman–Crippen MR) is 210 cm³/mol. The number of aromatic nitrogens is 4. The first-order valence-electron chi connectivity index (χ1n) is 18.2. The lowest BCUT2D eigenvalue weighted by molar-refractivity contribution is -0.135. The number of alkyl carbamates (subject to hydrolysis) is 2. The van der Waals surface area contributed by atoms with Gasteiger partial charge in [0.15, 0.2) is 23.0 Å². The zero-order valence-corrected chi connectivity index (χ0v) is 33.4. The van der Waals surface area contributed by atoms with Gasteiger partial charge in [-0.3, -0.25) is 9.59 Å². The summed E-state index contributed by atoms with van der Waals surface area (Å²) in [6.45, 7) is 7.52. The minimum absolute atomic E-state index is 0.137. The fraction of sp³-hybridized carbons (Fsp3) is 0.421. The number of hydrogen-bond acceptors (Lipinski definition) is 12. The topological polar surface area (TPSA) is 193 Å². The number of aromatic amines is 2. The highest BCUT2D eigenvalue weighted by Crippen LogP contribution is 2.48. The lowest BCUT2D eigenvalue weighted by atomic mass is 10.0. The standard InChI is InChI=1S/C38H44N8O8S2/c1-19(2)31(43-37(49)51-5)35(47)45-17-55-15-25(45)33-39-13-23(41-33)21-7-9-27-29(11-21)53-28-10-8-22(12-30(28)54-27)24-14-40-34(42-24)26-16-56-18-46(26)36(48)32(20(3)4)44-38(50)52-6/h7-14,19-20,25-26,31-32H,15-18H2,1-6H3,(H,39,41)(H,40,42)(H,43,49)(H,44,50)/t25-,26-,31-,32-/m0/s1. The van der Waals surface area contributed by atoms with Crippen molar-refractivity contribution in [1.82, 2.24) is 40.4 Å². The van der Waals surface area contributed by atoms with E-state index in [0.29, 0.717) is 57.9 Å². The van der Waals surface area contributed by atoms with Gasteiger partial charge >= 0.3 is 12.2 Å². The third kappa shape index (κ3) is 7.84. The molecule has 296 valence electrons. The van der Waals surface area contributed by atoms with Gasteiger partial charge in [-0.2, -0.15) is 0 Å². The second-order valence-electron chi connectivity index (χ2n) is 14.3. The summed E-state index contributed by atoms with van der Waals surface area (Å²) in [5, 5.41) is 5.35. The molecule has 3 aliphatic rings. The third-order valence-corrected chi connectivity index (χ3v) is 11.9. The number of carbonyl (C=O) groups is 4. The minimum atomic E-state index is -0.729. The fourth-order valence-electron chi connectivity index (χ4n) is 6.75. The summed E-state index contributed by atoms with van der Waals surface area (Å²) in [7, 11) is 2.55. The van der Waals surface area contributed by atoms with Crippen molar-refractivity contribution >= 4 is 47.5 Å². The number of rotatable bonds is 10. The van der Waals surface area contributed by atoms with E-state index in [9.17, 15) is 19.2 Å². The number of thioether (sulfide) groups is 2. The molecule has 4 amide bonds. The van der Waals surface area contributed by atoms with E-state index >= 15 is 0 Å². The molecule has 0 bridgehead atoms. The van der Waals surface area contributed by atoms with E-state index in [4.69, 9.17) is 18.9 Å². The second kappa shape index (κ2) is 16.4. The fourth-order valence-corrected chi connectivity index (χ4v) is 9.09. The number of methoxy groups -OCH3 is 2. The van der Waals surface area contributed by atoms with Crippen molar-refractivity contribution in [1.29, 1.82) is 0 Å². The SMILES string of the molecule is COC(=O)N[C@H](C(=O)N1CSC[C@H]1c1ncc(-c2ccc3c(c2)Oc2ccc(-c4cnc([C@@H]5CSCN5C(=O)[C@@H](NC(=O)OC)C(C)C)[nH]4)cc2O3)[nH]1)C(C)C. The van der Waals surface area contributed by atoms with E-state index in [1.165, 1.54) is 14.2 Å². The van der Waals surface area contributed by atoms with Crippen LogP contribution >= 0.6 is 23.5 Å². The summed E-state index contributed by atoms with van der Waals surface area (Å²) in [5.41, 5.74) is 3.15. The normalized spacial score (nSPS) is 18.4. The van der Waals surface area contributed by atoms with E-state index in [-0.39, 0.29) is 35.7 Å². The minimum Gasteiger partial charge on any atom is -0.453 e. The molecule has 7 rings (SSSR count). The number of H-pyrrole nitrogens is 2. The monoisotopic (exact) mass is 804 g/mol. The van der Waals surface area contributed by atoms with Gasteiger partial charge in [0, 0.05) is 22.6 Å². The van der Waals surface area contributed by atoms with E-state index in [2.05, 4.69) is 30.6 Å². The molecule has 0 spiro atoms. The van der Waals surface area contributed by atoms with Crippen LogP contribution in [0.25, 0.3) is 22.5 Å². The van der Waals surface area contributed by atoms with Gasteiger partial charge in [0.25, 0.3) is 0 Å². The Hall–Kier alpha value is -5.36. The lowest BCUT2D eigenvalue weighted by Gasteiger charge is -2.29. The number of ether oxygens (including phenoxy) is 4. The van der Waals surface area contributed by atoms with E-state index < -0.39 is 24.3 Å². The molecule has 5 heterocycles. The van der Waals surface area contributed by atoms with Crippen molar-refractivity contribution in [3.05, 3.63) is 60.4 Å². The molecule has 4 atom stereocenters. The van der Waals surface area contributed by atoms with Crippen LogP contribution in [0.2, 0.25) is 0 Å². The number of nitrogens with one attached hydrogen (secondary N) is 4. The van der Waals surface area contributed by atoms with Crippen LogP contribution in [0.3, 0.4) is 0 Å². The Morgan fingerprint density at radius 2 is 1.11 bits per heavy atom. The highest BCUT2D eigenvalue weighted by Gasteiger charge is 2.39. The molecule has 0 saturated carbocycles. The van der Waals surface area contributed by atoms with Gasteiger partial charge in [-0.05, 0) is 48.2 Å². The number of hydrogen-bond donors (Lipinski definition) is 4. The molecule has 2 aromatic heterocycles. The van der Waals surface area contributed by atoms with Crippen LogP contribution in [0.15, 0.2) is 48.8 Å². The van der Waals surface area contributed by atoms with Gasteiger partial charge in [-0.1, -0.05) is 27.7 Å². The highest BCUT2D eigenvalue weighted by molar-refractivity contribution is 7.99. The van der Waals surface area contributed by atoms with E-state index in [1.54, 1.807) is 45.7 Å². The van der Waals surface area contributed by atoms with Crippen LogP contribution in [0.5, 0.6) is 23.0 Å². The molecule has 0 radical (unpaired) electrons. The molecule has 16 nitrogen and oxygen atoms in total. The molecular weight excluding hydrogens is 761 g/mol. The molecule has 2 fully saturated rings. The maximum atomic E-state index is 13.6. The van der Waals surface area contributed by atoms with Gasteiger partial charge in [0.05, 0.1) is 61.8 Å². The molecule has 4 aromatic rings. The summed E-state index contributed by atoms with van der Waals surface area (Å²) in [5.74, 6) is 5.09. The average Bonchev–Trinajstić information content (AvgIpc) is 4.03. The summed E-state index contributed by atoms with van der Waals surface area (Å²) in [6, 6.07) is 9.21. The Balaban J connectivity index is 1.03. The molecular formula is C38H44N8O8S2.